The van der Waals surface area contributed by atoms with Gasteiger partial charge in [-0.05, 0) is 5.56 Å². The molecular formula is C28H30Cl2SiTi-4. The summed E-state index contributed by atoms with van der Waals surface area (Å²) < 4.78 is 0. The van der Waals surface area contributed by atoms with Crippen molar-refractivity contribution < 1.29 is 19.2 Å². The van der Waals surface area contributed by atoms with Crippen LogP contribution in [0, 0.1) is 28.7 Å². The van der Waals surface area contributed by atoms with E-state index < -0.39 is 0 Å². The number of halogens is 2. The van der Waals surface area contributed by atoms with Crippen molar-refractivity contribution in [1.82, 2.24) is 0 Å². The molecule has 0 nitrogen and oxygen atoms in total. The summed E-state index contributed by atoms with van der Waals surface area (Å²) in [5.74, 6) is 0. The Kier molecular flexibility index (Phi) is 16.4. The minimum atomic E-state index is 0. The molecule has 0 saturated carbocycles. The molecule has 0 amide bonds. The molecule has 32 heavy (non-hydrogen) atoms. The van der Waals surface area contributed by atoms with E-state index in [-0.39, 0.29) is 39.7 Å². The van der Waals surface area contributed by atoms with Crippen LogP contribution in [0.3, 0.4) is 0 Å². The van der Waals surface area contributed by atoms with Crippen LogP contribution in [0.2, 0.25) is 0 Å². The summed E-state index contributed by atoms with van der Waals surface area (Å²) in [6, 6.07) is 34.4. The number of hydrogen-bond acceptors (Lipinski definition) is 0. The van der Waals surface area contributed by atoms with Gasteiger partial charge in [0.1, 0.15) is 0 Å². The van der Waals surface area contributed by atoms with Crippen molar-refractivity contribution in [2.45, 2.75) is 13.8 Å². The molecule has 0 saturated heterocycles. The average molecular weight is 513 g/mol. The summed E-state index contributed by atoms with van der Waals surface area (Å²) in [4.78, 5) is 0. The SMILES string of the molecule is Cc1cc2c(-c3ccccc3)cccc2[cH-]1.Cc1cc2ccccc2[cH-]1.Cl.Cl.[CH3-].[CH3-].[Si]=[Ti]. The summed E-state index contributed by atoms with van der Waals surface area (Å²) in [6.07, 6.45) is 0. The molecule has 0 aliphatic carbocycles. The van der Waals surface area contributed by atoms with Crippen LogP contribution in [-0.4, -0.2) is 7.63 Å². The number of benzene rings is 3. The number of fused-ring (bicyclic) bond motifs is 2. The first-order chi connectivity index (χ1) is 13.7. The molecule has 0 aliphatic rings. The van der Waals surface area contributed by atoms with Gasteiger partial charge in [-0.15, -0.1) is 100.0 Å². The van der Waals surface area contributed by atoms with E-state index in [0.29, 0.717) is 0 Å². The molecule has 0 atom stereocenters. The van der Waals surface area contributed by atoms with Crippen molar-refractivity contribution in [3.05, 3.63) is 123 Å². The van der Waals surface area contributed by atoms with Crippen LogP contribution in [0.1, 0.15) is 11.1 Å². The normalized spacial score (nSPS) is 8.78. The van der Waals surface area contributed by atoms with Gasteiger partial charge in [0.25, 0.3) is 0 Å². The maximum absolute atomic E-state index is 2.97. The van der Waals surface area contributed by atoms with Crippen LogP contribution >= 0.6 is 24.8 Å². The molecule has 0 aliphatic heterocycles. The minimum absolute atomic E-state index is 0. The standard InChI is InChI=1S/C16H13.C10H9.2CH3.2ClH.Si.Ti/c1-12-10-14-8-5-9-15(16(14)11-12)13-6-3-2-4-7-13;1-8-6-9-4-2-3-5-10(9)7-8;;;;;;/h2-11H,1H3;2-7H,1H3;2*1H3;2*1H;;/q4*-1;;;;. The molecule has 0 heterocycles. The second-order valence-electron chi connectivity index (χ2n) is 6.87. The molecule has 5 aromatic carbocycles. The molecule has 5 rings (SSSR count). The molecule has 2 radical (unpaired) electrons. The third-order valence-electron chi connectivity index (χ3n) is 4.74. The van der Waals surface area contributed by atoms with E-state index in [2.05, 4.69) is 119 Å². The average Bonchev–Trinajstić information content (AvgIpc) is 3.31. The van der Waals surface area contributed by atoms with Gasteiger partial charge >= 0.3 is 26.8 Å². The fourth-order valence-electron chi connectivity index (χ4n) is 3.56. The molecule has 0 spiro atoms. The number of aryl methyl sites for hydroxylation is 2. The van der Waals surface area contributed by atoms with Crippen LogP contribution in [0.4, 0.5) is 0 Å². The van der Waals surface area contributed by atoms with Gasteiger partial charge in [-0.1, -0.05) is 61.9 Å². The Labute approximate surface area is 220 Å². The van der Waals surface area contributed by atoms with Crippen LogP contribution in [0.25, 0.3) is 32.7 Å². The molecule has 4 heteroatoms. The Bertz CT molecular complexity index is 1140. The predicted octanol–water partition coefficient (Wildman–Crippen LogP) is 8.76. The first-order valence-corrected chi connectivity index (χ1v) is 12.1. The van der Waals surface area contributed by atoms with Crippen molar-refractivity contribution in [3.63, 3.8) is 0 Å². The Hall–Kier alpha value is -1.61. The molecule has 168 valence electrons. The summed E-state index contributed by atoms with van der Waals surface area (Å²) in [5, 5.41) is 5.38. The molecule has 0 N–H and O–H groups in total. The molecule has 0 bridgehead atoms. The summed E-state index contributed by atoms with van der Waals surface area (Å²) in [7, 11) is 2.97. The van der Waals surface area contributed by atoms with Crippen molar-refractivity contribution >= 4 is 54.0 Å². The van der Waals surface area contributed by atoms with E-state index in [9.17, 15) is 0 Å². The molecular weight excluding hydrogens is 483 g/mol. The quantitative estimate of drug-likeness (QED) is 0.155. The Morgan fingerprint density at radius 3 is 1.81 bits per heavy atom. The van der Waals surface area contributed by atoms with Crippen LogP contribution in [0.15, 0.2) is 97.1 Å². The summed E-state index contributed by atoms with van der Waals surface area (Å²) in [5.41, 5.74) is 5.30. The van der Waals surface area contributed by atoms with E-state index in [4.69, 9.17) is 0 Å². The predicted molar refractivity (Wildman–Crippen MR) is 147 cm³/mol. The fraction of sp³-hybridized carbons (Fsp3) is 0.0714. The fourth-order valence-corrected chi connectivity index (χ4v) is 3.56. The second-order valence-corrected chi connectivity index (χ2v) is 6.87. The topological polar surface area (TPSA) is 0 Å². The van der Waals surface area contributed by atoms with Gasteiger partial charge in [-0.3, -0.25) is 0 Å². The van der Waals surface area contributed by atoms with Gasteiger partial charge in [-0.2, -0.15) is 12.1 Å². The van der Waals surface area contributed by atoms with Gasteiger partial charge in [-0.25, -0.2) is 0 Å². The van der Waals surface area contributed by atoms with E-state index in [0.717, 1.165) is 0 Å². The van der Waals surface area contributed by atoms with Crippen molar-refractivity contribution in [1.29, 1.82) is 0 Å². The van der Waals surface area contributed by atoms with Gasteiger partial charge in [0, 0.05) is 0 Å². The first-order valence-electron chi connectivity index (χ1n) is 9.29. The Morgan fingerprint density at radius 1 is 0.625 bits per heavy atom. The second kappa shape index (κ2) is 16.1. The Morgan fingerprint density at radius 2 is 1.16 bits per heavy atom. The number of hydrogen-bond donors (Lipinski definition) is 0. The van der Waals surface area contributed by atoms with Crippen LogP contribution in [-0.2, 0) is 19.2 Å². The zero-order valence-electron chi connectivity index (χ0n) is 19.1. The molecule has 0 aromatic heterocycles. The molecule has 0 fully saturated rings. The Balaban J connectivity index is 0. The molecule has 5 aromatic rings. The van der Waals surface area contributed by atoms with E-state index in [1.165, 1.54) is 43.8 Å². The van der Waals surface area contributed by atoms with E-state index in [1.54, 1.807) is 19.2 Å². The van der Waals surface area contributed by atoms with Crippen molar-refractivity contribution in [3.8, 4) is 11.1 Å². The van der Waals surface area contributed by atoms with Crippen molar-refractivity contribution in [2.75, 3.05) is 0 Å². The molecule has 0 unspecified atom stereocenters. The zero-order valence-corrected chi connectivity index (χ0v) is 23.2. The third kappa shape index (κ3) is 8.07. The van der Waals surface area contributed by atoms with Crippen LogP contribution in [0.5, 0.6) is 0 Å². The van der Waals surface area contributed by atoms with E-state index >= 15 is 0 Å². The monoisotopic (exact) mass is 512 g/mol. The van der Waals surface area contributed by atoms with Crippen LogP contribution < -0.4 is 0 Å². The van der Waals surface area contributed by atoms with Gasteiger partial charge < -0.3 is 14.9 Å². The maximum atomic E-state index is 2.97. The third-order valence-corrected chi connectivity index (χ3v) is 4.74. The zero-order chi connectivity index (χ0) is 19.9. The van der Waals surface area contributed by atoms with Crippen molar-refractivity contribution in [2.24, 2.45) is 0 Å². The van der Waals surface area contributed by atoms with Gasteiger partial charge in [0.2, 0.25) is 0 Å². The summed E-state index contributed by atoms with van der Waals surface area (Å²) in [6.45, 7) is 4.27. The number of rotatable bonds is 1. The first kappa shape index (κ1) is 32.6. The summed E-state index contributed by atoms with van der Waals surface area (Å²) >= 11 is 1.81. The van der Waals surface area contributed by atoms with Gasteiger partial charge in [0.05, 0.1) is 0 Å². The van der Waals surface area contributed by atoms with E-state index in [1.807, 2.05) is 0 Å². The van der Waals surface area contributed by atoms with Gasteiger partial charge in [0.15, 0.2) is 0 Å².